The monoisotopic (exact) mass is 340 g/mol. The molecule has 0 bridgehead atoms. The van der Waals surface area contributed by atoms with Gasteiger partial charge in [-0.15, -0.1) is 0 Å². The third-order valence-electron chi connectivity index (χ3n) is 5.62. The van der Waals surface area contributed by atoms with E-state index >= 15 is 0 Å². The summed E-state index contributed by atoms with van der Waals surface area (Å²) in [5, 5.41) is 0. The molecule has 0 aromatic heterocycles. The first-order valence-corrected chi connectivity index (χ1v) is 8.87. The van der Waals surface area contributed by atoms with Crippen molar-refractivity contribution in [1.29, 1.82) is 0 Å². The summed E-state index contributed by atoms with van der Waals surface area (Å²) in [4.78, 5) is 0. The van der Waals surface area contributed by atoms with Gasteiger partial charge in [-0.3, -0.25) is 0 Å². The molecule has 0 atom stereocenters. The van der Waals surface area contributed by atoms with Gasteiger partial charge in [0.2, 0.25) is 0 Å². The highest BCUT2D eigenvalue weighted by Crippen LogP contribution is 2.34. The molecule has 0 spiro atoms. The number of benzene rings is 2. The second kappa shape index (κ2) is 6.93. The zero-order valence-corrected chi connectivity index (χ0v) is 16.9. The lowest BCUT2D eigenvalue weighted by molar-refractivity contribution is 0.0190. The van der Waals surface area contributed by atoms with Crippen LogP contribution in [0.2, 0.25) is 0 Å². The van der Waals surface area contributed by atoms with Crippen molar-refractivity contribution in [2.75, 3.05) is 14.2 Å². The molecule has 2 rings (SSSR count). The second-order valence-corrected chi connectivity index (χ2v) is 8.21. The molecule has 136 valence electrons. The standard InChI is InChI=1S/C23H32O2/c1-21(2,17-9-13-19(14-10-17)22(3,4)24-7)18-11-15-20(16-12-18)23(5,6)25-8/h9-16H,1-8H3. The first kappa shape index (κ1) is 19.7. The molecule has 0 N–H and O–H groups in total. The molecule has 0 amide bonds. The summed E-state index contributed by atoms with van der Waals surface area (Å²) in [5.41, 5.74) is 4.36. The third kappa shape index (κ3) is 3.96. The molecular formula is C23H32O2. The van der Waals surface area contributed by atoms with E-state index in [0.717, 1.165) is 0 Å². The van der Waals surface area contributed by atoms with Crippen LogP contribution in [0.4, 0.5) is 0 Å². The maximum absolute atomic E-state index is 5.58. The Hall–Kier alpha value is -1.64. The van der Waals surface area contributed by atoms with Gasteiger partial charge in [-0.25, -0.2) is 0 Å². The minimum Gasteiger partial charge on any atom is -0.374 e. The molecule has 0 saturated heterocycles. The number of methoxy groups -OCH3 is 2. The van der Waals surface area contributed by atoms with E-state index in [0.29, 0.717) is 0 Å². The quantitative estimate of drug-likeness (QED) is 0.664. The Kier molecular flexibility index (Phi) is 5.46. The molecule has 2 aromatic rings. The first-order chi connectivity index (χ1) is 11.5. The van der Waals surface area contributed by atoms with Crippen LogP contribution < -0.4 is 0 Å². The van der Waals surface area contributed by atoms with Crippen LogP contribution in [0.5, 0.6) is 0 Å². The van der Waals surface area contributed by atoms with Crippen molar-refractivity contribution in [2.45, 2.75) is 58.2 Å². The van der Waals surface area contributed by atoms with Gasteiger partial charge in [0.15, 0.2) is 0 Å². The molecular weight excluding hydrogens is 308 g/mol. The Morgan fingerprint density at radius 2 is 0.720 bits per heavy atom. The molecule has 2 nitrogen and oxygen atoms in total. The van der Waals surface area contributed by atoms with Crippen molar-refractivity contribution in [3.8, 4) is 0 Å². The minimum absolute atomic E-state index is 0.0640. The predicted octanol–water partition coefficient (Wildman–Crippen LogP) is 5.78. The van der Waals surface area contributed by atoms with E-state index in [-0.39, 0.29) is 16.6 Å². The molecule has 0 heterocycles. The van der Waals surface area contributed by atoms with Gasteiger partial charge < -0.3 is 9.47 Å². The fourth-order valence-electron chi connectivity index (χ4n) is 2.98. The van der Waals surface area contributed by atoms with Crippen molar-refractivity contribution in [2.24, 2.45) is 0 Å². The second-order valence-electron chi connectivity index (χ2n) is 8.21. The zero-order chi connectivity index (χ0) is 18.9. The largest absolute Gasteiger partial charge is 0.374 e. The van der Waals surface area contributed by atoms with Gasteiger partial charge in [0.25, 0.3) is 0 Å². The topological polar surface area (TPSA) is 18.5 Å². The van der Waals surface area contributed by atoms with Gasteiger partial charge in [0.05, 0.1) is 11.2 Å². The van der Waals surface area contributed by atoms with Crippen LogP contribution >= 0.6 is 0 Å². The highest BCUT2D eigenvalue weighted by atomic mass is 16.5. The van der Waals surface area contributed by atoms with Crippen LogP contribution in [0.15, 0.2) is 48.5 Å². The van der Waals surface area contributed by atoms with E-state index in [9.17, 15) is 0 Å². The maximum atomic E-state index is 5.58. The van der Waals surface area contributed by atoms with Gasteiger partial charge in [-0.1, -0.05) is 62.4 Å². The van der Waals surface area contributed by atoms with Gasteiger partial charge >= 0.3 is 0 Å². The van der Waals surface area contributed by atoms with Crippen LogP contribution in [0.3, 0.4) is 0 Å². The summed E-state index contributed by atoms with van der Waals surface area (Å²) in [6.45, 7) is 12.9. The molecule has 0 unspecified atom stereocenters. The van der Waals surface area contributed by atoms with Gasteiger partial charge in [-0.05, 0) is 49.9 Å². The molecule has 0 aliphatic carbocycles. The first-order valence-electron chi connectivity index (χ1n) is 8.87. The Balaban J connectivity index is 2.32. The summed E-state index contributed by atoms with van der Waals surface area (Å²) < 4.78 is 11.2. The lowest BCUT2D eigenvalue weighted by Gasteiger charge is -2.29. The van der Waals surface area contributed by atoms with Crippen LogP contribution in [0.1, 0.15) is 63.8 Å². The van der Waals surface area contributed by atoms with Crippen molar-refractivity contribution >= 4 is 0 Å². The number of ether oxygens (including phenoxy) is 2. The van der Waals surface area contributed by atoms with Gasteiger partial charge in [-0.2, -0.15) is 0 Å². The highest BCUT2D eigenvalue weighted by molar-refractivity contribution is 5.41. The minimum atomic E-state index is -0.268. The fraction of sp³-hybridized carbons (Fsp3) is 0.478. The van der Waals surface area contributed by atoms with Crippen LogP contribution in [-0.2, 0) is 26.1 Å². The Labute approximate surface area is 153 Å². The average Bonchev–Trinajstić information content (AvgIpc) is 2.62. The highest BCUT2D eigenvalue weighted by Gasteiger charge is 2.26. The number of hydrogen-bond acceptors (Lipinski definition) is 2. The predicted molar refractivity (Wildman–Crippen MR) is 105 cm³/mol. The Morgan fingerprint density at radius 3 is 0.960 bits per heavy atom. The SMILES string of the molecule is COC(C)(C)c1ccc(C(C)(C)c2ccc(C(C)(C)OC)cc2)cc1. The molecule has 0 fully saturated rings. The fourth-order valence-corrected chi connectivity index (χ4v) is 2.98. The molecule has 0 saturated carbocycles. The Bertz CT molecular complexity index is 630. The van der Waals surface area contributed by atoms with E-state index in [2.05, 4.69) is 90.1 Å². The Morgan fingerprint density at radius 1 is 0.480 bits per heavy atom. The molecule has 2 heteroatoms. The lowest BCUT2D eigenvalue weighted by Crippen LogP contribution is -2.23. The van der Waals surface area contributed by atoms with E-state index in [4.69, 9.17) is 9.47 Å². The summed E-state index contributed by atoms with van der Waals surface area (Å²) in [5.74, 6) is 0. The van der Waals surface area contributed by atoms with E-state index in [1.807, 2.05) is 0 Å². The normalized spacial score (nSPS) is 13.1. The summed E-state index contributed by atoms with van der Waals surface area (Å²) in [7, 11) is 3.50. The van der Waals surface area contributed by atoms with Crippen LogP contribution in [0, 0.1) is 0 Å². The van der Waals surface area contributed by atoms with Crippen molar-refractivity contribution in [1.82, 2.24) is 0 Å². The van der Waals surface area contributed by atoms with Crippen LogP contribution in [0.25, 0.3) is 0 Å². The summed E-state index contributed by atoms with van der Waals surface area (Å²) >= 11 is 0. The lowest BCUT2D eigenvalue weighted by atomic mass is 9.77. The van der Waals surface area contributed by atoms with E-state index in [1.165, 1.54) is 22.3 Å². The summed E-state index contributed by atoms with van der Waals surface area (Å²) in [6.07, 6.45) is 0. The number of hydrogen-bond donors (Lipinski definition) is 0. The summed E-state index contributed by atoms with van der Waals surface area (Å²) in [6, 6.07) is 17.5. The molecule has 0 radical (unpaired) electrons. The van der Waals surface area contributed by atoms with Crippen molar-refractivity contribution in [3.05, 3.63) is 70.8 Å². The third-order valence-corrected chi connectivity index (χ3v) is 5.62. The van der Waals surface area contributed by atoms with E-state index in [1.54, 1.807) is 14.2 Å². The number of rotatable bonds is 6. The van der Waals surface area contributed by atoms with Gasteiger partial charge in [0.1, 0.15) is 0 Å². The van der Waals surface area contributed by atoms with Crippen LogP contribution in [-0.4, -0.2) is 14.2 Å². The van der Waals surface area contributed by atoms with E-state index < -0.39 is 0 Å². The van der Waals surface area contributed by atoms with Crippen molar-refractivity contribution in [3.63, 3.8) is 0 Å². The smallest absolute Gasteiger partial charge is 0.0871 e. The maximum Gasteiger partial charge on any atom is 0.0871 e. The van der Waals surface area contributed by atoms with Gasteiger partial charge in [0, 0.05) is 19.6 Å². The molecule has 0 aliphatic rings. The zero-order valence-electron chi connectivity index (χ0n) is 16.9. The molecule has 0 aliphatic heterocycles. The average molecular weight is 341 g/mol. The molecule has 2 aromatic carbocycles. The molecule has 25 heavy (non-hydrogen) atoms. The van der Waals surface area contributed by atoms with Crippen molar-refractivity contribution < 1.29 is 9.47 Å².